The molecule has 0 fully saturated rings. The Bertz CT molecular complexity index is 4000. The second-order valence-electron chi connectivity index (χ2n) is 15.3. The molecule has 4 heterocycles. The number of furan rings is 1. The molecule has 0 N–H and O–H groups in total. The van der Waals surface area contributed by atoms with Crippen LogP contribution >= 0.6 is 0 Å². The highest BCUT2D eigenvalue weighted by Gasteiger charge is 2.24. The highest BCUT2D eigenvalue weighted by Crippen LogP contribution is 2.48. The summed E-state index contributed by atoms with van der Waals surface area (Å²) in [4.78, 5) is 11.0. The van der Waals surface area contributed by atoms with Crippen LogP contribution in [-0.2, 0) is 0 Å². The predicted octanol–water partition coefficient (Wildman–Crippen LogP) is 13.8. The molecule has 14 aromatic rings. The van der Waals surface area contributed by atoms with Crippen molar-refractivity contribution in [3.8, 4) is 11.8 Å². The van der Waals surface area contributed by atoms with E-state index in [9.17, 15) is 0 Å². The Balaban J connectivity index is 1.17. The Kier molecular flexibility index (Phi) is 5.45. The fourth-order valence-corrected chi connectivity index (χ4v) is 10.2. The van der Waals surface area contributed by atoms with Crippen molar-refractivity contribution in [3.63, 3.8) is 0 Å². The summed E-state index contributed by atoms with van der Waals surface area (Å²) in [5.74, 6) is 1.49. The van der Waals surface area contributed by atoms with Crippen LogP contribution in [-0.4, -0.2) is 19.1 Å². The van der Waals surface area contributed by atoms with E-state index in [2.05, 4.69) is 173 Å². The van der Waals surface area contributed by atoms with Gasteiger partial charge in [-0.1, -0.05) is 121 Å². The van der Waals surface area contributed by atoms with Crippen LogP contribution in [0, 0.1) is 0 Å². The summed E-state index contributed by atoms with van der Waals surface area (Å²) in [5, 5.41) is 17.9. The largest absolute Gasteiger partial charge is 0.456 e. The fraction of sp³-hybridized carbons (Fsp3) is 0. The molecule has 0 unspecified atom stereocenters. The van der Waals surface area contributed by atoms with Gasteiger partial charge in [-0.15, -0.1) is 0 Å². The quantitative estimate of drug-likeness (QED) is 0.132. The lowest BCUT2D eigenvalue weighted by Crippen LogP contribution is -2.07. The molecule has 10 aromatic carbocycles. The molecule has 0 aliphatic rings. The first-order valence-corrected chi connectivity index (χ1v) is 19.4. The first-order valence-electron chi connectivity index (χ1n) is 19.4. The molecule has 0 saturated heterocycles. The Morgan fingerprint density at radius 2 is 0.842 bits per heavy atom. The lowest BCUT2D eigenvalue weighted by Gasteiger charge is -2.17. The van der Waals surface area contributed by atoms with Crippen molar-refractivity contribution in [1.29, 1.82) is 0 Å². The minimum absolute atomic E-state index is 0.633. The maximum absolute atomic E-state index is 6.60. The zero-order valence-electron chi connectivity index (χ0n) is 30.4. The molecule has 262 valence electrons. The Morgan fingerprint density at radius 1 is 0.316 bits per heavy atom. The maximum atomic E-state index is 6.60. The molecule has 0 atom stereocenters. The van der Waals surface area contributed by atoms with Crippen LogP contribution in [0.5, 0.6) is 0 Å². The third-order valence-corrected chi connectivity index (χ3v) is 12.4. The summed E-state index contributed by atoms with van der Waals surface area (Å²) in [6.07, 6.45) is 0. The van der Waals surface area contributed by atoms with Gasteiger partial charge >= 0.3 is 0 Å². The van der Waals surface area contributed by atoms with Crippen LogP contribution in [0.15, 0.2) is 174 Å². The highest BCUT2D eigenvalue weighted by atomic mass is 16.3. The van der Waals surface area contributed by atoms with Crippen LogP contribution in [0.4, 0.5) is 0 Å². The molecular weight excluding hydrogens is 697 g/mol. The number of hydrogen-bond acceptors (Lipinski definition) is 3. The predicted molar refractivity (Wildman–Crippen MR) is 237 cm³/mol. The summed E-state index contributed by atoms with van der Waals surface area (Å²) in [7, 11) is 0. The van der Waals surface area contributed by atoms with Gasteiger partial charge in [0.05, 0.1) is 27.6 Å². The average molecular weight is 725 g/mol. The summed E-state index contributed by atoms with van der Waals surface area (Å²) in [5.41, 5.74) is 7.05. The first kappa shape index (κ1) is 29.6. The van der Waals surface area contributed by atoms with E-state index in [0.717, 1.165) is 55.3 Å². The van der Waals surface area contributed by atoms with E-state index in [0.29, 0.717) is 5.95 Å². The standard InChI is InChI=1S/C52H28N4O/c1-6-22-40-33(15-1)51(55-41-23-7-2-13-29(41)30-14-3-8-24-42(30)55)54-52(53-40)56-43-25-9-4-16-34(43)49-36-20-11-18-31-32-19-12-21-37-48(32)39(38(47(31)36)27-44(49)56)28-46-50(37)35-17-5-10-26-45(35)57-46/h1-28H. The third kappa shape index (κ3) is 3.69. The number of aromatic nitrogens is 4. The van der Waals surface area contributed by atoms with Gasteiger partial charge in [0, 0.05) is 37.7 Å². The molecule has 57 heavy (non-hydrogen) atoms. The van der Waals surface area contributed by atoms with E-state index < -0.39 is 0 Å². The average Bonchev–Trinajstić information content (AvgIpc) is 3.92. The minimum Gasteiger partial charge on any atom is -0.456 e. The molecule has 5 nitrogen and oxygen atoms in total. The lowest BCUT2D eigenvalue weighted by atomic mass is 9.87. The second-order valence-corrected chi connectivity index (χ2v) is 15.3. The summed E-state index contributed by atoms with van der Waals surface area (Å²) in [6, 6.07) is 60.9. The fourth-order valence-electron chi connectivity index (χ4n) is 10.2. The van der Waals surface area contributed by atoms with Crippen LogP contribution < -0.4 is 0 Å². The number of nitrogens with zero attached hydrogens (tertiary/aromatic N) is 4. The van der Waals surface area contributed by atoms with E-state index in [-0.39, 0.29) is 0 Å². The van der Waals surface area contributed by atoms with E-state index in [1.54, 1.807) is 0 Å². The monoisotopic (exact) mass is 724 g/mol. The zero-order valence-corrected chi connectivity index (χ0v) is 30.4. The molecule has 0 amide bonds. The lowest BCUT2D eigenvalue weighted by molar-refractivity contribution is 0.669. The Morgan fingerprint density at radius 3 is 1.56 bits per heavy atom. The molecule has 0 aliphatic heterocycles. The summed E-state index contributed by atoms with van der Waals surface area (Å²) in [6.45, 7) is 0. The molecule has 0 saturated carbocycles. The number of fused-ring (bicyclic) bond motifs is 14. The van der Waals surface area contributed by atoms with Gasteiger partial charge in [0.2, 0.25) is 5.95 Å². The summed E-state index contributed by atoms with van der Waals surface area (Å²) >= 11 is 0. The maximum Gasteiger partial charge on any atom is 0.237 e. The van der Waals surface area contributed by atoms with Gasteiger partial charge in [0.15, 0.2) is 5.82 Å². The van der Waals surface area contributed by atoms with Crippen molar-refractivity contribution in [2.45, 2.75) is 0 Å². The van der Waals surface area contributed by atoms with E-state index in [1.165, 1.54) is 70.0 Å². The molecule has 5 heteroatoms. The molecule has 0 spiro atoms. The van der Waals surface area contributed by atoms with Crippen molar-refractivity contribution in [2.24, 2.45) is 0 Å². The van der Waals surface area contributed by atoms with Crippen molar-refractivity contribution < 1.29 is 4.42 Å². The van der Waals surface area contributed by atoms with Gasteiger partial charge in [-0.3, -0.25) is 9.13 Å². The minimum atomic E-state index is 0.633. The van der Waals surface area contributed by atoms with E-state index in [1.807, 2.05) is 6.07 Å². The SMILES string of the molecule is c1ccc2c(-n3c4ccccc4c4ccccc43)nc(-n3c4ccccc4c4c5cccc6c7cccc8c9c(cc(c(cc43)c65)c78)oc3ccccc39)nc2c1. The van der Waals surface area contributed by atoms with Crippen molar-refractivity contribution in [1.82, 2.24) is 19.1 Å². The number of para-hydroxylation sites is 5. The highest BCUT2D eigenvalue weighted by molar-refractivity contribution is 6.41. The molecule has 0 aliphatic carbocycles. The number of benzene rings is 10. The molecular formula is C52H28N4O. The van der Waals surface area contributed by atoms with Gasteiger partial charge in [-0.25, -0.2) is 4.98 Å². The molecule has 0 bridgehead atoms. The van der Waals surface area contributed by atoms with Crippen molar-refractivity contribution >= 4 is 120 Å². The van der Waals surface area contributed by atoms with E-state index in [4.69, 9.17) is 14.4 Å². The van der Waals surface area contributed by atoms with Gasteiger partial charge in [-0.2, -0.15) is 4.98 Å². The molecule has 4 aromatic heterocycles. The van der Waals surface area contributed by atoms with Gasteiger partial charge in [0.25, 0.3) is 0 Å². The smallest absolute Gasteiger partial charge is 0.237 e. The number of rotatable bonds is 2. The normalized spacial score (nSPS) is 12.6. The molecule has 0 radical (unpaired) electrons. The van der Waals surface area contributed by atoms with Crippen LogP contribution in [0.1, 0.15) is 0 Å². The topological polar surface area (TPSA) is 48.8 Å². The first-order chi connectivity index (χ1) is 28.3. The van der Waals surface area contributed by atoms with Crippen molar-refractivity contribution in [3.05, 3.63) is 170 Å². The Labute approximate surface area is 323 Å². The third-order valence-electron chi connectivity index (χ3n) is 12.4. The van der Waals surface area contributed by atoms with Crippen LogP contribution in [0.3, 0.4) is 0 Å². The van der Waals surface area contributed by atoms with Gasteiger partial charge in [-0.05, 0) is 91.6 Å². The summed E-state index contributed by atoms with van der Waals surface area (Å²) < 4.78 is 11.2. The Hall–Kier alpha value is -7.76. The second kappa shape index (κ2) is 10.5. The van der Waals surface area contributed by atoms with Crippen LogP contribution in [0.25, 0.3) is 131 Å². The number of hydrogen-bond donors (Lipinski definition) is 0. The molecule has 14 rings (SSSR count). The zero-order chi connectivity index (χ0) is 36.9. The van der Waals surface area contributed by atoms with Gasteiger partial charge < -0.3 is 4.42 Å². The van der Waals surface area contributed by atoms with Crippen molar-refractivity contribution in [2.75, 3.05) is 0 Å². The van der Waals surface area contributed by atoms with E-state index >= 15 is 0 Å². The van der Waals surface area contributed by atoms with Gasteiger partial charge in [0.1, 0.15) is 11.2 Å². The van der Waals surface area contributed by atoms with Crippen LogP contribution in [0.2, 0.25) is 0 Å².